The molecule has 0 aliphatic carbocycles. The van der Waals surface area contributed by atoms with Crippen LogP contribution >= 0.6 is 0 Å². The monoisotopic (exact) mass is 509 g/mol. The highest BCUT2D eigenvalue weighted by atomic mass is 19.4. The smallest absolute Gasteiger partial charge is 0.356 e. The summed E-state index contributed by atoms with van der Waals surface area (Å²) in [6.07, 6.45) is -3.64. The fraction of sp³-hybridized carbons (Fsp3) is 0.600. The van der Waals surface area contributed by atoms with E-state index in [2.05, 4.69) is 16.0 Å². The first-order valence-corrected chi connectivity index (χ1v) is 11.7. The maximum absolute atomic E-state index is 13.3. The molecule has 0 bridgehead atoms. The zero-order chi connectivity index (χ0) is 27.3. The Labute approximate surface area is 209 Å². The summed E-state index contributed by atoms with van der Waals surface area (Å²) in [5.41, 5.74) is -1.15. The Balaban J connectivity index is 2.24. The standard InChI is InChI=1S/C25H34F3N5O3/c1-24(2,3)13-19(22(35)31-18(14-29)12-16-9-10-30-21(16)34)32-23(36)20(33(4)5)15-7-6-8-17(11-15)25(26,27)28/h6-8,11,16,18-20H,9-10,12-13H2,1-5H3,(H,30,34)(H,31,35)(H,32,36)/t16-,18-,19-,20+/m0/s1. The first kappa shape index (κ1) is 29.1. The van der Waals surface area contributed by atoms with Gasteiger partial charge in [0.15, 0.2) is 0 Å². The van der Waals surface area contributed by atoms with Gasteiger partial charge in [0.2, 0.25) is 17.7 Å². The lowest BCUT2D eigenvalue weighted by Gasteiger charge is -2.30. The molecule has 4 atom stereocenters. The number of nitrogens with zero attached hydrogens (tertiary/aromatic N) is 2. The summed E-state index contributed by atoms with van der Waals surface area (Å²) in [5.74, 6) is -1.79. The number of benzene rings is 1. The second kappa shape index (κ2) is 11.7. The number of alkyl halides is 3. The van der Waals surface area contributed by atoms with Crippen LogP contribution in [0.3, 0.4) is 0 Å². The molecular weight excluding hydrogens is 475 g/mol. The topological polar surface area (TPSA) is 114 Å². The van der Waals surface area contributed by atoms with E-state index < -0.39 is 47.1 Å². The minimum absolute atomic E-state index is 0.129. The lowest BCUT2D eigenvalue weighted by molar-refractivity contribution is -0.138. The summed E-state index contributed by atoms with van der Waals surface area (Å²) in [5, 5.41) is 17.5. The molecule has 3 amide bonds. The number of hydrogen-bond acceptors (Lipinski definition) is 5. The van der Waals surface area contributed by atoms with Crippen molar-refractivity contribution in [2.45, 2.75) is 64.3 Å². The van der Waals surface area contributed by atoms with Crippen LogP contribution in [-0.4, -0.2) is 55.3 Å². The molecule has 1 aromatic rings. The predicted octanol–water partition coefficient (Wildman–Crippen LogP) is 2.76. The number of nitriles is 1. The van der Waals surface area contributed by atoms with Crippen LogP contribution in [0.1, 0.15) is 57.2 Å². The molecule has 0 radical (unpaired) electrons. The third-order valence-electron chi connectivity index (χ3n) is 5.90. The normalized spacial score (nSPS) is 18.7. The number of likely N-dealkylation sites (N-methyl/N-ethyl adjacent to an activating group) is 1. The molecule has 2 rings (SSSR count). The fourth-order valence-corrected chi connectivity index (χ4v) is 4.21. The number of carbonyl (C=O) groups is 3. The molecule has 36 heavy (non-hydrogen) atoms. The van der Waals surface area contributed by atoms with Gasteiger partial charge in [-0.05, 0) is 56.5 Å². The molecule has 1 saturated heterocycles. The third-order valence-corrected chi connectivity index (χ3v) is 5.90. The van der Waals surface area contributed by atoms with Crippen LogP contribution in [0.15, 0.2) is 24.3 Å². The van der Waals surface area contributed by atoms with E-state index in [4.69, 9.17) is 0 Å². The van der Waals surface area contributed by atoms with Gasteiger partial charge >= 0.3 is 6.18 Å². The van der Waals surface area contributed by atoms with Crippen LogP contribution in [0.4, 0.5) is 13.2 Å². The molecule has 0 spiro atoms. The Morgan fingerprint density at radius 3 is 2.36 bits per heavy atom. The molecule has 1 fully saturated rings. The zero-order valence-corrected chi connectivity index (χ0v) is 21.2. The van der Waals surface area contributed by atoms with Gasteiger partial charge in [-0.25, -0.2) is 0 Å². The van der Waals surface area contributed by atoms with Crippen LogP contribution < -0.4 is 16.0 Å². The van der Waals surface area contributed by atoms with Crippen molar-refractivity contribution < 1.29 is 27.6 Å². The number of carbonyl (C=O) groups excluding carboxylic acids is 3. The van der Waals surface area contributed by atoms with Crippen LogP contribution in [0, 0.1) is 22.7 Å². The van der Waals surface area contributed by atoms with Crippen molar-refractivity contribution in [1.82, 2.24) is 20.9 Å². The highest BCUT2D eigenvalue weighted by Crippen LogP contribution is 2.32. The highest BCUT2D eigenvalue weighted by Gasteiger charge is 2.35. The van der Waals surface area contributed by atoms with Crippen molar-refractivity contribution >= 4 is 17.7 Å². The average molecular weight is 510 g/mol. The summed E-state index contributed by atoms with van der Waals surface area (Å²) in [6, 6.07) is 3.45. The van der Waals surface area contributed by atoms with Crippen LogP contribution in [0.5, 0.6) is 0 Å². The van der Waals surface area contributed by atoms with Gasteiger partial charge < -0.3 is 16.0 Å². The maximum Gasteiger partial charge on any atom is 0.416 e. The minimum Gasteiger partial charge on any atom is -0.356 e. The average Bonchev–Trinajstić information content (AvgIpc) is 3.15. The van der Waals surface area contributed by atoms with E-state index in [-0.39, 0.29) is 30.2 Å². The molecule has 0 saturated carbocycles. The molecular formula is C25H34F3N5O3. The van der Waals surface area contributed by atoms with Crippen LogP contribution in [0.2, 0.25) is 0 Å². The van der Waals surface area contributed by atoms with Gasteiger partial charge in [-0.1, -0.05) is 32.9 Å². The quantitative estimate of drug-likeness (QED) is 0.474. The number of amides is 3. The zero-order valence-electron chi connectivity index (χ0n) is 21.2. The van der Waals surface area contributed by atoms with Crippen molar-refractivity contribution in [1.29, 1.82) is 5.26 Å². The van der Waals surface area contributed by atoms with E-state index in [1.807, 2.05) is 26.8 Å². The summed E-state index contributed by atoms with van der Waals surface area (Å²) in [7, 11) is 3.11. The lowest BCUT2D eigenvalue weighted by atomic mass is 9.87. The molecule has 1 aliphatic heterocycles. The van der Waals surface area contributed by atoms with Gasteiger partial charge in [0.1, 0.15) is 18.1 Å². The molecule has 1 heterocycles. The van der Waals surface area contributed by atoms with Crippen LogP contribution in [-0.2, 0) is 20.6 Å². The molecule has 8 nitrogen and oxygen atoms in total. The van der Waals surface area contributed by atoms with Crippen molar-refractivity contribution in [2.75, 3.05) is 20.6 Å². The van der Waals surface area contributed by atoms with E-state index in [0.717, 1.165) is 12.1 Å². The summed E-state index contributed by atoms with van der Waals surface area (Å²) < 4.78 is 39.7. The second-order valence-corrected chi connectivity index (χ2v) is 10.5. The largest absolute Gasteiger partial charge is 0.416 e. The molecule has 0 unspecified atom stereocenters. The number of nitrogens with one attached hydrogen (secondary N) is 3. The number of hydrogen-bond donors (Lipinski definition) is 3. The molecule has 11 heteroatoms. The Morgan fingerprint density at radius 1 is 1.19 bits per heavy atom. The van der Waals surface area contributed by atoms with Crippen molar-refractivity contribution in [3.8, 4) is 6.07 Å². The second-order valence-electron chi connectivity index (χ2n) is 10.5. The van der Waals surface area contributed by atoms with Gasteiger partial charge in [-0.3, -0.25) is 19.3 Å². The molecule has 1 aromatic carbocycles. The molecule has 0 aromatic heterocycles. The van der Waals surface area contributed by atoms with Gasteiger partial charge in [0.25, 0.3) is 0 Å². The van der Waals surface area contributed by atoms with Gasteiger partial charge in [0, 0.05) is 12.5 Å². The number of rotatable bonds is 9. The van der Waals surface area contributed by atoms with Crippen molar-refractivity contribution in [3.63, 3.8) is 0 Å². The van der Waals surface area contributed by atoms with E-state index in [1.165, 1.54) is 17.0 Å². The Bertz CT molecular complexity index is 998. The van der Waals surface area contributed by atoms with Crippen molar-refractivity contribution in [2.24, 2.45) is 11.3 Å². The summed E-state index contributed by atoms with van der Waals surface area (Å²) >= 11 is 0. The summed E-state index contributed by atoms with van der Waals surface area (Å²) in [4.78, 5) is 39.8. The number of halogens is 3. The fourth-order valence-electron chi connectivity index (χ4n) is 4.21. The van der Waals surface area contributed by atoms with E-state index in [9.17, 15) is 32.8 Å². The first-order chi connectivity index (χ1) is 16.6. The third kappa shape index (κ3) is 8.22. The Hall–Kier alpha value is -3.13. The van der Waals surface area contributed by atoms with Crippen LogP contribution in [0.25, 0.3) is 0 Å². The lowest BCUT2D eigenvalue weighted by Crippen LogP contribution is -2.53. The first-order valence-electron chi connectivity index (χ1n) is 11.7. The Morgan fingerprint density at radius 2 is 1.86 bits per heavy atom. The van der Waals surface area contributed by atoms with E-state index in [1.54, 1.807) is 14.1 Å². The van der Waals surface area contributed by atoms with Gasteiger partial charge in [-0.15, -0.1) is 0 Å². The van der Waals surface area contributed by atoms with E-state index in [0.29, 0.717) is 13.0 Å². The highest BCUT2D eigenvalue weighted by molar-refractivity contribution is 5.90. The van der Waals surface area contributed by atoms with Gasteiger partial charge in [0.05, 0.1) is 11.6 Å². The van der Waals surface area contributed by atoms with Crippen molar-refractivity contribution in [3.05, 3.63) is 35.4 Å². The Kier molecular flexibility index (Phi) is 9.49. The van der Waals surface area contributed by atoms with E-state index >= 15 is 0 Å². The van der Waals surface area contributed by atoms with Gasteiger partial charge in [-0.2, -0.15) is 18.4 Å². The maximum atomic E-state index is 13.3. The minimum atomic E-state index is -4.57. The molecule has 198 valence electrons. The molecule has 3 N–H and O–H groups in total. The summed E-state index contributed by atoms with van der Waals surface area (Å²) in [6.45, 7) is 6.14. The predicted molar refractivity (Wildman–Crippen MR) is 127 cm³/mol. The SMILES string of the molecule is CN(C)[C@@H](C(=O)N[C@@H](CC(C)(C)C)C(=O)N[C@H](C#N)C[C@@H]1CCNC1=O)c1cccc(C(F)(F)F)c1. The molecule has 1 aliphatic rings.